The van der Waals surface area contributed by atoms with Gasteiger partial charge in [-0.1, -0.05) is 6.92 Å². The van der Waals surface area contributed by atoms with Gasteiger partial charge in [0.05, 0.1) is 5.69 Å². The standard InChI is InChI=1S/C18H25N9O/c1-5-14-13(3)16(24(4)23-14)22-18(28)26-8-6-25(7-9-26)15-10-12(2)21-17-19-11-20-27(15)17/h10-11H,5-9H2,1-4H3,(H,22,28). The van der Waals surface area contributed by atoms with Crippen LogP contribution in [0.3, 0.4) is 0 Å². The van der Waals surface area contributed by atoms with Crippen LogP contribution >= 0.6 is 0 Å². The molecule has 0 aromatic carbocycles. The average Bonchev–Trinajstić information content (AvgIpc) is 3.26. The number of hydrogen-bond donors (Lipinski definition) is 1. The molecule has 3 aromatic rings. The predicted octanol–water partition coefficient (Wildman–Crippen LogP) is 1.39. The van der Waals surface area contributed by atoms with Crippen molar-refractivity contribution in [3.8, 4) is 0 Å². The Kier molecular flexibility index (Phi) is 4.62. The highest BCUT2D eigenvalue weighted by Gasteiger charge is 2.24. The molecule has 148 valence electrons. The number of aromatic nitrogens is 6. The van der Waals surface area contributed by atoms with Gasteiger partial charge in [0.25, 0.3) is 5.78 Å². The van der Waals surface area contributed by atoms with Crippen molar-refractivity contribution in [1.29, 1.82) is 0 Å². The van der Waals surface area contributed by atoms with E-state index in [0.29, 0.717) is 18.9 Å². The molecule has 3 aromatic heterocycles. The molecule has 0 bridgehead atoms. The molecule has 1 saturated heterocycles. The van der Waals surface area contributed by atoms with Gasteiger partial charge in [0.1, 0.15) is 18.0 Å². The number of fused-ring (bicyclic) bond motifs is 1. The fraction of sp³-hybridized carbons (Fsp3) is 0.500. The molecule has 0 radical (unpaired) electrons. The van der Waals surface area contributed by atoms with Crippen molar-refractivity contribution in [2.45, 2.75) is 27.2 Å². The highest BCUT2D eigenvalue weighted by Crippen LogP contribution is 2.21. The number of piperazine rings is 1. The largest absolute Gasteiger partial charge is 0.353 e. The first-order valence-corrected chi connectivity index (χ1v) is 9.48. The van der Waals surface area contributed by atoms with Crippen LogP contribution < -0.4 is 10.2 Å². The second-order valence-corrected chi connectivity index (χ2v) is 7.03. The summed E-state index contributed by atoms with van der Waals surface area (Å²) in [5.41, 5.74) is 2.93. The van der Waals surface area contributed by atoms with Crippen LogP contribution in [0, 0.1) is 13.8 Å². The molecule has 0 unspecified atom stereocenters. The smallest absolute Gasteiger partial charge is 0.323 e. The molecule has 4 heterocycles. The summed E-state index contributed by atoms with van der Waals surface area (Å²) in [6, 6.07) is 1.91. The van der Waals surface area contributed by atoms with E-state index < -0.39 is 0 Å². The Morgan fingerprint density at radius 3 is 2.64 bits per heavy atom. The molecule has 1 N–H and O–H groups in total. The normalized spacial score (nSPS) is 14.7. The molecular formula is C18H25N9O. The Balaban J connectivity index is 1.45. The number of amides is 2. The molecule has 0 spiro atoms. The topological polar surface area (TPSA) is 96.5 Å². The summed E-state index contributed by atoms with van der Waals surface area (Å²) in [5.74, 6) is 2.31. The van der Waals surface area contributed by atoms with Gasteiger partial charge in [0.15, 0.2) is 0 Å². The quantitative estimate of drug-likeness (QED) is 0.734. The van der Waals surface area contributed by atoms with Crippen molar-refractivity contribution < 1.29 is 4.79 Å². The van der Waals surface area contributed by atoms with Gasteiger partial charge in [-0.25, -0.2) is 9.78 Å². The van der Waals surface area contributed by atoms with Crippen molar-refractivity contribution in [2.75, 3.05) is 36.4 Å². The lowest BCUT2D eigenvalue weighted by Gasteiger charge is -2.35. The van der Waals surface area contributed by atoms with Gasteiger partial charge < -0.3 is 9.80 Å². The monoisotopic (exact) mass is 383 g/mol. The summed E-state index contributed by atoms with van der Waals surface area (Å²) >= 11 is 0. The lowest BCUT2D eigenvalue weighted by Crippen LogP contribution is -2.50. The zero-order valence-corrected chi connectivity index (χ0v) is 16.7. The molecule has 28 heavy (non-hydrogen) atoms. The van der Waals surface area contributed by atoms with E-state index >= 15 is 0 Å². The van der Waals surface area contributed by atoms with Crippen molar-refractivity contribution >= 4 is 23.4 Å². The van der Waals surface area contributed by atoms with Crippen molar-refractivity contribution in [3.63, 3.8) is 0 Å². The second kappa shape index (κ2) is 7.10. The fourth-order valence-electron chi connectivity index (χ4n) is 3.65. The number of carbonyl (C=O) groups excluding carboxylic acids is 1. The molecule has 4 rings (SSSR count). The molecule has 10 nitrogen and oxygen atoms in total. The number of hydrogen-bond acceptors (Lipinski definition) is 6. The fourth-order valence-corrected chi connectivity index (χ4v) is 3.65. The summed E-state index contributed by atoms with van der Waals surface area (Å²) in [5, 5.41) is 11.8. The van der Waals surface area contributed by atoms with Crippen LogP contribution in [0.1, 0.15) is 23.9 Å². The number of carbonyl (C=O) groups is 1. The SMILES string of the molecule is CCc1nn(C)c(NC(=O)N2CCN(c3cc(C)nc4ncnn34)CC2)c1C. The number of rotatable bonds is 3. The van der Waals surface area contributed by atoms with E-state index in [0.717, 1.165) is 48.1 Å². The van der Waals surface area contributed by atoms with Crippen molar-refractivity contribution in [1.82, 2.24) is 34.3 Å². The van der Waals surface area contributed by atoms with Crippen molar-refractivity contribution in [3.05, 3.63) is 29.3 Å². The predicted molar refractivity (Wildman–Crippen MR) is 106 cm³/mol. The molecule has 1 aliphatic rings. The summed E-state index contributed by atoms with van der Waals surface area (Å²) in [7, 11) is 1.86. The van der Waals surface area contributed by atoms with Crippen LogP contribution in [-0.4, -0.2) is 66.5 Å². The van der Waals surface area contributed by atoms with E-state index in [1.165, 1.54) is 6.33 Å². The third kappa shape index (κ3) is 3.14. The van der Waals surface area contributed by atoms with E-state index in [-0.39, 0.29) is 6.03 Å². The Bertz CT molecular complexity index is 1010. The van der Waals surface area contributed by atoms with Gasteiger partial charge in [0, 0.05) is 50.6 Å². The second-order valence-electron chi connectivity index (χ2n) is 7.03. The van der Waals surface area contributed by atoms with Crippen LogP contribution in [0.4, 0.5) is 16.4 Å². The minimum absolute atomic E-state index is 0.0924. The van der Waals surface area contributed by atoms with Crippen molar-refractivity contribution in [2.24, 2.45) is 7.05 Å². The molecule has 2 amide bonds. The van der Waals surface area contributed by atoms with Gasteiger partial charge in [-0.15, -0.1) is 0 Å². The van der Waals surface area contributed by atoms with Crippen LogP contribution in [0.2, 0.25) is 0 Å². The molecule has 0 atom stereocenters. The van der Waals surface area contributed by atoms with Gasteiger partial charge in [-0.2, -0.15) is 19.7 Å². The van der Waals surface area contributed by atoms with Crippen LogP contribution in [0.25, 0.3) is 5.78 Å². The van der Waals surface area contributed by atoms with E-state index in [9.17, 15) is 4.79 Å². The first kappa shape index (κ1) is 18.2. The summed E-state index contributed by atoms with van der Waals surface area (Å²) in [4.78, 5) is 25.4. The third-order valence-electron chi connectivity index (χ3n) is 5.19. The van der Waals surface area contributed by atoms with Crippen LogP contribution in [0.15, 0.2) is 12.4 Å². The maximum atomic E-state index is 12.8. The molecular weight excluding hydrogens is 358 g/mol. The Morgan fingerprint density at radius 2 is 1.96 bits per heavy atom. The van der Waals surface area contributed by atoms with Crippen LogP contribution in [0.5, 0.6) is 0 Å². The minimum Gasteiger partial charge on any atom is -0.353 e. The van der Waals surface area contributed by atoms with Gasteiger partial charge in [0.2, 0.25) is 0 Å². The number of nitrogens with zero attached hydrogens (tertiary/aromatic N) is 8. The van der Waals surface area contributed by atoms with E-state index in [1.807, 2.05) is 31.9 Å². The number of aryl methyl sites for hydroxylation is 3. The zero-order valence-electron chi connectivity index (χ0n) is 16.7. The molecule has 0 aliphatic carbocycles. The number of nitrogens with one attached hydrogen (secondary N) is 1. The molecule has 1 aliphatic heterocycles. The Hall–Kier alpha value is -3.17. The first-order valence-electron chi connectivity index (χ1n) is 9.48. The Labute approximate surface area is 163 Å². The van der Waals surface area contributed by atoms with Gasteiger partial charge in [-0.05, 0) is 20.3 Å². The zero-order chi connectivity index (χ0) is 19.8. The summed E-state index contributed by atoms with van der Waals surface area (Å²) in [6.07, 6.45) is 2.35. The van der Waals surface area contributed by atoms with Crippen LogP contribution in [-0.2, 0) is 13.5 Å². The molecule has 10 heteroatoms. The maximum Gasteiger partial charge on any atom is 0.323 e. The molecule has 1 fully saturated rings. The highest BCUT2D eigenvalue weighted by atomic mass is 16.2. The maximum absolute atomic E-state index is 12.8. The van der Waals surface area contributed by atoms with E-state index in [1.54, 1.807) is 9.20 Å². The molecule has 0 saturated carbocycles. The lowest BCUT2D eigenvalue weighted by atomic mass is 10.2. The average molecular weight is 383 g/mol. The third-order valence-corrected chi connectivity index (χ3v) is 5.19. The lowest BCUT2D eigenvalue weighted by molar-refractivity contribution is 0.207. The van der Waals surface area contributed by atoms with E-state index in [4.69, 9.17) is 0 Å². The minimum atomic E-state index is -0.0924. The summed E-state index contributed by atoms with van der Waals surface area (Å²) < 4.78 is 3.48. The summed E-state index contributed by atoms with van der Waals surface area (Å²) in [6.45, 7) is 8.69. The van der Waals surface area contributed by atoms with E-state index in [2.05, 4.69) is 37.3 Å². The Morgan fingerprint density at radius 1 is 1.21 bits per heavy atom. The van der Waals surface area contributed by atoms with Gasteiger partial charge >= 0.3 is 6.03 Å². The highest BCUT2D eigenvalue weighted by molar-refractivity contribution is 5.89. The number of urea groups is 1. The first-order chi connectivity index (χ1) is 13.5. The van der Waals surface area contributed by atoms with Gasteiger partial charge in [-0.3, -0.25) is 10.00 Å². The number of anilines is 2.